The van der Waals surface area contributed by atoms with Crippen LogP contribution < -0.4 is 0 Å². The van der Waals surface area contributed by atoms with Crippen molar-refractivity contribution in [2.75, 3.05) is 20.6 Å². The third-order valence-corrected chi connectivity index (χ3v) is 6.63. The predicted molar refractivity (Wildman–Crippen MR) is 60.3 cm³/mol. The molecule has 0 aromatic heterocycles. The van der Waals surface area contributed by atoms with Gasteiger partial charge in [-0.3, -0.25) is 0 Å². The Kier molecular flexibility index (Phi) is 5.50. The van der Waals surface area contributed by atoms with E-state index in [0.29, 0.717) is 0 Å². The monoisotopic (exact) mass is 185 g/mol. The molecular weight excluding hydrogens is 162 g/mol. The summed E-state index contributed by atoms with van der Waals surface area (Å²) in [6.45, 7) is 8.16. The van der Waals surface area contributed by atoms with Crippen molar-refractivity contribution in [2.24, 2.45) is 0 Å². The van der Waals surface area contributed by atoms with Crippen LogP contribution in [0, 0.1) is 0 Å². The van der Waals surface area contributed by atoms with Gasteiger partial charge in [-0.15, -0.1) is 0 Å². The highest BCUT2D eigenvalue weighted by Crippen LogP contribution is 2.16. The van der Waals surface area contributed by atoms with Crippen LogP contribution in [0.15, 0.2) is 11.8 Å². The molecule has 0 rings (SSSR count). The summed E-state index contributed by atoms with van der Waals surface area (Å²) >= 11 is 0. The van der Waals surface area contributed by atoms with Gasteiger partial charge in [0.25, 0.3) is 0 Å². The number of hydrogen-bond donors (Lipinski definition) is 0. The first-order valence-corrected chi connectivity index (χ1v) is 7.82. The van der Waals surface area contributed by atoms with Crippen LogP contribution in [0.5, 0.6) is 0 Å². The Balaban J connectivity index is 3.96. The fourth-order valence-corrected chi connectivity index (χ4v) is 3.78. The fraction of sp³-hybridized carbons (Fsp3) is 0.800. The Labute approximate surface area is 78.5 Å². The van der Waals surface area contributed by atoms with Crippen molar-refractivity contribution in [3.8, 4) is 0 Å². The lowest BCUT2D eigenvalue weighted by molar-refractivity contribution is 0.431. The van der Waals surface area contributed by atoms with Crippen molar-refractivity contribution in [1.82, 2.24) is 4.90 Å². The van der Waals surface area contributed by atoms with Gasteiger partial charge in [0.05, 0.1) is 8.07 Å². The minimum absolute atomic E-state index is 1.01. The Morgan fingerprint density at radius 1 is 1.33 bits per heavy atom. The normalized spacial score (nSPS) is 17.2. The number of rotatable bonds is 5. The summed E-state index contributed by atoms with van der Waals surface area (Å²) in [5.74, 6) is 0. The van der Waals surface area contributed by atoms with Crippen LogP contribution in [0.4, 0.5) is 0 Å². The topological polar surface area (TPSA) is 3.24 Å². The molecule has 1 unspecified atom stereocenters. The molecule has 0 saturated carbocycles. The maximum absolute atomic E-state index is 2.47. The van der Waals surface area contributed by atoms with Gasteiger partial charge < -0.3 is 4.90 Å². The van der Waals surface area contributed by atoms with E-state index in [9.17, 15) is 0 Å². The molecule has 1 nitrogen and oxygen atoms in total. The van der Waals surface area contributed by atoms with Crippen LogP contribution in [0.3, 0.4) is 0 Å². The molecule has 12 heavy (non-hydrogen) atoms. The average molecular weight is 185 g/mol. The van der Waals surface area contributed by atoms with Crippen LogP contribution in [-0.4, -0.2) is 33.6 Å². The van der Waals surface area contributed by atoms with Gasteiger partial charge in [-0.25, -0.2) is 0 Å². The molecule has 0 aliphatic heterocycles. The first kappa shape index (κ1) is 11.9. The summed E-state index contributed by atoms with van der Waals surface area (Å²) in [7, 11) is 3.30. The van der Waals surface area contributed by atoms with Crippen LogP contribution in [0.25, 0.3) is 0 Å². The second-order valence-electron chi connectivity index (χ2n) is 4.06. The smallest absolute Gasteiger partial charge is 0.0753 e. The molecule has 0 bridgehead atoms. The van der Waals surface area contributed by atoms with E-state index in [1.807, 2.05) is 0 Å². The predicted octanol–water partition coefficient (Wildman–Crippen LogP) is 2.76. The van der Waals surface area contributed by atoms with Crippen molar-refractivity contribution in [1.29, 1.82) is 0 Å². The maximum Gasteiger partial charge on any atom is 0.0753 e. The molecule has 0 N–H and O–H groups in total. The molecule has 0 aromatic carbocycles. The third kappa shape index (κ3) is 4.73. The van der Waals surface area contributed by atoms with Crippen LogP contribution in [-0.2, 0) is 0 Å². The highest BCUT2D eigenvalue weighted by atomic mass is 28.3. The molecule has 1 atom stereocenters. The molecule has 0 spiro atoms. The second kappa shape index (κ2) is 5.54. The lowest BCUT2D eigenvalue weighted by Crippen LogP contribution is -2.31. The zero-order chi connectivity index (χ0) is 9.61. The van der Waals surface area contributed by atoms with Crippen molar-refractivity contribution in [2.45, 2.75) is 32.5 Å². The average Bonchev–Trinajstić information content (AvgIpc) is 2.02. The third-order valence-electron chi connectivity index (χ3n) is 2.51. The Morgan fingerprint density at radius 3 is 2.25 bits per heavy atom. The summed E-state index contributed by atoms with van der Waals surface area (Å²) in [6, 6.07) is 2.76. The van der Waals surface area contributed by atoms with Gasteiger partial charge in [0, 0.05) is 0 Å². The Bertz CT molecular complexity index is 143. The molecule has 0 saturated heterocycles. The van der Waals surface area contributed by atoms with Crippen molar-refractivity contribution in [3.63, 3.8) is 0 Å². The SMILES string of the molecule is CC=C[Si](C)(CC)CCN(C)C. The highest BCUT2D eigenvalue weighted by molar-refractivity contribution is 6.83. The molecule has 0 heterocycles. The fourth-order valence-electron chi connectivity index (χ4n) is 1.26. The van der Waals surface area contributed by atoms with Gasteiger partial charge in [-0.05, 0) is 33.6 Å². The zero-order valence-electron chi connectivity index (χ0n) is 9.22. The van der Waals surface area contributed by atoms with E-state index < -0.39 is 8.07 Å². The van der Waals surface area contributed by atoms with E-state index in [1.54, 1.807) is 0 Å². The zero-order valence-corrected chi connectivity index (χ0v) is 10.2. The molecule has 0 aliphatic rings. The molecule has 0 radical (unpaired) electrons. The quantitative estimate of drug-likeness (QED) is 0.595. The van der Waals surface area contributed by atoms with E-state index in [0.717, 1.165) is 0 Å². The molecule has 72 valence electrons. The van der Waals surface area contributed by atoms with Crippen molar-refractivity contribution >= 4 is 8.07 Å². The number of nitrogens with zero attached hydrogens (tertiary/aromatic N) is 1. The number of hydrogen-bond acceptors (Lipinski definition) is 1. The lowest BCUT2D eigenvalue weighted by Gasteiger charge is -2.23. The lowest BCUT2D eigenvalue weighted by atomic mass is 10.7. The molecule has 0 amide bonds. The van der Waals surface area contributed by atoms with Gasteiger partial charge in [0.1, 0.15) is 0 Å². The van der Waals surface area contributed by atoms with E-state index >= 15 is 0 Å². The molecular formula is C10H23NSi. The Hall–Kier alpha value is -0.0831. The summed E-state index contributed by atoms with van der Waals surface area (Å²) in [6.07, 6.45) is 2.23. The second-order valence-corrected chi connectivity index (χ2v) is 8.91. The molecule has 0 fully saturated rings. The van der Waals surface area contributed by atoms with E-state index in [2.05, 4.69) is 51.2 Å². The summed E-state index contributed by atoms with van der Waals surface area (Å²) < 4.78 is 0. The first-order valence-electron chi connectivity index (χ1n) is 4.82. The van der Waals surface area contributed by atoms with E-state index in [4.69, 9.17) is 0 Å². The molecule has 0 aromatic rings. The number of allylic oxidation sites excluding steroid dienone is 1. The standard InChI is InChI=1S/C10H23NSi/c1-6-9-12(5,7-2)10-8-11(3)4/h6,9H,7-8,10H2,1-5H3. The van der Waals surface area contributed by atoms with Gasteiger partial charge in [-0.1, -0.05) is 31.3 Å². The van der Waals surface area contributed by atoms with E-state index in [-0.39, 0.29) is 0 Å². The highest BCUT2D eigenvalue weighted by Gasteiger charge is 2.20. The summed E-state index contributed by atoms with van der Waals surface area (Å²) in [5.41, 5.74) is 2.47. The minimum atomic E-state index is -1.01. The van der Waals surface area contributed by atoms with Crippen LogP contribution >= 0.6 is 0 Å². The van der Waals surface area contributed by atoms with Crippen molar-refractivity contribution < 1.29 is 0 Å². The summed E-state index contributed by atoms with van der Waals surface area (Å²) in [5, 5.41) is 0. The molecule has 0 aliphatic carbocycles. The van der Waals surface area contributed by atoms with Crippen LogP contribution in [0.2, 0.25) is 18.6 Å². The summed E-state index contributed by atoms with van der Waals surface area (Å²) in [4.78, 5) is 2.28. The first-order chi connectivity index (χ1) is 5.54. The Morgan fingerprint density at radius 2 is 1.92 bits per heavy atom. The largest absolute Gasteiger partial charge is 0.310 e. The van der Waals surface area contributed by atoms with Crippen LogP contribution in [0.1, 0.15) is 13.8 Å². The van der Waals surface area contributed by atoms with Gasteiger partial charge in [0.15, 0.2) is 0 Å². The minimum Gasteiger partial charge on any atom is -0.310 e. The molecule has 2 heteroatoms. The van der Waals surface area contributed by atoms with Crippen molar-refractivity contribution in [3.05, 3.63) is 11.8 Å². The van der Waals surface area contributed by atoms with Gasteiger partial charge in [-0.2, -0.15) is 0 Å². The maximum atomic E-state index is 2.47. The van der Waals surface area contributed by atoms with Gasteiger partial charge in [0.2, 0.25) is 0 Å². The van der Waals surface area contributed by atoms with E-state index in [1.165, 1.54) is 18.6 Å². The van der Waals surface area contributed by atoms with Gasteiger partial charge >= 0.3 is 0 Å².